The fourth-order valence-electron chi connectivity index (χ4n) is 1.89. The number of carbonyl (C=O) groups is 1. The van der Waals surface area contributed by atoms with Crippen LogP contribution in [0.5, 0.6) is 0 Å². The Hall–Kier alpha value is -1.05. The predicted octanol–water partition coefficient (Wildman–Crippen LogP) is 2.21. The maximum atomic E-state index is 11.2. The Morgan fingerprint density at radius 1 is 1.54 bits per heavy atom. The summed E-state index contributed by atoms with van der Waals surface area (Å²) in [5, 5.41) is 0. The summed E-state index contributed by atoms with van der Waals surface area (Å²) in [5.41, 5.74) is 2.00. The predicted molar refractivity (Wildman–Crippen MR) is 50.1 cm³/mol. The Kier molecular flexibility index (Phi) is 1.62. The van der Waals surface area contributed by atoms with Gasteiger partial charge in [0, 0.05) is 11.1 Å². The standard InChI is InChI=1S/C11H14O2/c1-7-8-4-5-11(2,3)6-9(8)13-10(7)12/h4-5,9H,6H2,1-3H3. The van der Waals surface area contributed by atoms with Gasteiger partial charge in [-0.2, -0.15) is 0 Å². The lowest BCUT2D eigenvalue weighted by Crippen LogP contribution is -2.24. The van der Waals surface area contributed by atoms with Gasteiger partial charge in [-0.3, -0.25) is 0 Å². The molecule has 0 bridgehead atoms. The Morgan fingerprint density at radius 3 is 2.92 bits per heavy atom. The highest BCUT2D eigenvalue weighted by Crippen LogP contribution is 2.38. The van der Waals surface area contributed by atoms with Gasteiger partial charge in [-0.25, -0.2) is 4.79 Å². The summed E-state index contributed by atoms with van der Waals surface area (Å²) in [6.07, 6.45) is 5.10. The van der Waals surface area contributed by atoms with Crippen LogP contribution < -0.4 is 0 Å². The van der Waals surface area contributed by atoms with Crippen molar-refractivity contribution in [2.24, 2.45) is 5.41 Å². The number of esters is 1. The van der Waals surface area contributed by atoms with Crippen molar-refractivity contribution in [3.8, 4) is 0 Å². The second-order valence-corrected chi connectivity index (χ2v) is 4.50. The Bertz CT molecular complexity index is 321. The van der Waals surface area contributed by atoms with Gasteiger partial charge in [0.1, 0.15) is 6.10 Å². The molecule has 0 aromatic rings. The van der Waals surface area contributed by atoms with Crippen molar-refractivity contribution in [1.29, 1.82) is 0 Å². The molecule has 0 aromatic heterocycles. The fourth-order valence-corrected chi connectivity index (χ4v) is 1.89. The van der Waals surface area contributed by atoms with Gasteiger partial charge < -0.3 is 4.74 Å². The molecule has 1 aliphatic carbocycles. The summed E-state index contributed by atoms with van der Waals surface area (Å²) >= 11 is 0. The quantitative estimate of drug-likeness (QED) is 0.531. The molecule has 2 rings (SSSR count). The molecule has 2 nitrogen and oxygen atoms in total. The summed E-state index contributed by atoms with van der Waals surface area (Å²) in [6.45, 7) is 6.14. The summed E-state index contributed by atoms with van der Waals surface area (Å²) in [6, 6.07) is 0. The molecule has 1 aliphatic heterocycles. The molecule has 0 N–H and O–H groups in total. The minimum Gasteiger partial charge on any atom is -0.454 e. The third-order valence-corrected chi connectivity index (χ3v) is 2.76. The zero-order chi connectivity index (χ0) is 9.64. The van der Waals surface area contributed by atoms with Gasteiger partial charge in [0.25, 0.3) is 0 Å². The maximum Gasteiger partial charge on any atom is 0.334 e. The number of carbonyl (C=O) groups excluding carboxylic acids is 1. The van der Waals surface area contributed by atoms with Crippen molar-refractivity contribution < 1.29 is 9.53 Å². The normalized spacial score (nSPS) is 30.4. The Morgan fingerprint density at radius 2 is 2.23 bits per heavy atom. The highest BCUT2D eigenvalue weighted by atomic mass is 16.5. The van der Waals surface area contributed by atoms with E-state index < -0.39 is 0 Å². The first-order chi connectivity index (χ1) is 5.99. The van der Waals surface area contributed by atoms with E-state index in [1.54, 1.807) is 0 Å². The van der Waals surface area contributed by atoms with E-state index in [-0.39, 0.29) is 17.5 Å². The Balaban J connectivity index is 2.38. The molecule has 1 atom stereocenters. The zero-order valence-electron chi connectivity index (χ0n) is 8.26. The summed E-state index contributed by atoms with van der Waals surface area (Å²) in [7, 11) is 0. The third kappa shape index (κ3) is 1.30. The molecule has 1 unspecified atom stereocenters. The van der Waals surface area contributed by atoms with Gasteiger partial charge in [0.05, 0.1) is 0 Å². The molecule has 1 heterocycles. The van der Waals surface area contributed by atoms with Crippen molar-refractivity contribution in [3.63, 3.8) is 0 Å². The van der Waals surface area contributed by atoms with E-state index in [9.17, 15) is 4.79 Å². The molecule has 0 spiro atoms. The van der Waals surface area contributed by atoms with E-state index in [1.165, 1.54) is 0 Å². The third-order valence-electron chi connectivity index (χ3n) is 2.76. The van der Waals surface area contributed by atoms with Gasteiger partial charge in [0.2, 0.25) is 0 Å². The van der Waals surface area contributed by atoms with Crippen LogP contribution >= 0.6 is 0 Å². The molecular weight excluding hydrogens is 164 g/mol. The molecule has 0 radical (unpaired) electrons. The number of hydrogen-bond acceptors (Lipinski definition) is 2. The van der Waals surface area contributed by atoms with E-state index >= 15 is 0 Å². The van der Waals surface area contributed by atoms with Gasteiger partial charge in [-0.05, 0) is 18.8 Å². The fraction of sp³-hybridized carbons (Fsp3) is 0.545. The second kappa shape index (κ2) is 2.47. The van der Waals surface area contributed by atoms with Gasteiger partial charge in [-0.15, -0.1) is 0 Å². The van der Waals surface area contributed by atoms with Crippen LogP contribution in [-0.2, 0) is 9.53 Å². The van der Waals surface area contributed by atoms with E-state index in [1.807, 2.05) is 13.0 Å². The smallest absolute Gasteiger partial charge is 0.334 e. The summed E-state index contributed by atoms with van der Waals surface area (Å²) in [5.74, 6) is -0.151. The molecule has 0 aromatic carbocycles. The molecule has 2 aliphatic rings. The van der Waals surface area contributed by atoms with Crippen LogP contribution in [0.4, 0.5) is 0 Å². The van der Waals surface area contributed by atoms with Crippen molar-refractivity contribution in [2.75, 3.05) is 0 Å². The first-order valence-electron chi connectivity index (χ1n) is 4.61. The van der Waals surface area contributed by atoms with E-state index in [0.29, 0.717) is 0 Å². The molecule has 13 heavy (non-hydrogen) atoms. The SMILES string of the molecule is CC1=C2C=CC(C)(C)CC2OC1=O. The van der Waals surface area contributed by atoms with Crippen molar-refractivity contribution >= 4 is 5.97 Å². The average Bonchev–Trinajstić information content (AvgIpc) is 2.25. The Labute approximate surface area is 78.3 Å². The summed E-state index contributed by atoms with van der Waals surface area (Å²) in [4.78, 5) is 11.2. The zero-order valence-corrected chi connectivity index (χ0v) is 8.26. The minimum absolute atomic E-state index is 0.00694. The number of ether oxygens (including phenoxy) is 1. The van der Waals surface area contributed by atoms with E-state index in [0.717, 1.165) is 17.6 Å². The molecule has 0 saturated carbocycles. The molecule has 70 valence electrons. The maximum absolute atomic E-state index is 11.2. The van der Waals surface area contributed by atoms with Crippen LogP contribution in [0.3, 0.4) is 0 Å². The van der Waals surface area contributed by atoms with Gasteiger partial charge >= 0.3 is 5.97 Å². The largest absolute Gasteiger partial charge is 0.454 e. The number of allylic oxidation sites excluding steroid dienone is 1. The highest BCUT2D eigenvalue weighted by Gasteiger charge is 2.36. The van der Waals surface area contributed by atoms with Crippen molar-refractivity contribution in [3.05, 3.63) is 23.3 Å². The lowest BCUT2D eigenvalue weighted by molar-refractivity contribution is -0.140. The van der Waals surface area contributed by atoms with Gasteiger partial charge in [0.15, 0.2) is 0 Å². The lowest BCUT2D eigenvalue weighted by Gasteiger charge is -2.28. The average molecular weight is 178 g/mol. The van der Waals surface area contributed by atoms with Crippen molar-refractivity contribution in [2.45, 2.75) is 33.3 Å². The number of rotatable bonds is 0. The summed E-state index contributed by atoms with van der Waals surface area (Å²) < 4.78 is 5.25. The van der Waals surface area contributed by atoms with Crippen LogP contribution in [0.25, 0.3) is 0 Å². The van der Waals surface area contributed by atoms with Crippen LogP contribution in [0, 0.1) is 5.41 Å². The minimum atomic E-state index is -0.151. The van der Waals surface area contributed by atoms with Crippen LogP contribution in [0.15, 0.2) is 23.3 Å². The van der Waals surface area contributed by atoms with E-state index in [4.69, 9.17) is 4.74 Å². The monoisotopic (exact) mass is 178 g/mol. The molecular formula is C11H14O2. The lowest BCUT2D eigenvalue weighted by atomic mass is 9.79. The number of hydrogen-bond donors (Lipinski definition) is 0. The molecule has 0 fully saturated rings. The van der Waals surface area contributed by atoms with Gasteiger partial charge in [-0.1, -0.05) is 26.0 Å². The van der Waals surface area contributed by atoms with Crippen LogP contribution in [0.2, 0.25) is 0 Å². The van der Waals surface area contributed by atoms with Crippen LogP contribution in [-0.4, -0.2) is 12.1 Å². The molecule has 0 saturated heterocycles. The highest BCUT2D eigenvalue weighted by molar-refractivity contribution is 5.92. The van der Waals surface area contributed by atoms with Crippen LogP contribution in [0.1, 0.15) is 27.2 Å². The molecule has 2 heteroatoms. The first kappa shape index (κ1) is 8.54. The number of fused-ring (bicyclic) bond motifs is 1. The van der Waals surface area contributed by atoms with Crippen molar-refractivity contribution in [1.82, 2.24) is 0 Å². The molecule has 0 amide bonds. The second-order valence-electron chi connectivity index (χ2n) is 4.50. The first-order valence-corrected chi connectivity index (χ1v) is 4.61. The van der Waals surface area contributed by atoms with E-state index in [2.05, 4.69) is 19.9 Å². The topological polar surface area (TPSA) is 26.3 Å².